The molecule has 8 heteroatoms. The number of aromatic nitrogens is 1. The van der Waals surface area contributed by atoms with Crippen LogP contribution in [0, 0.1) is 0 Å². The molecule has 0 radical (unpaired) electrons. The van der Waals surface area contributed by atoms with E-state index in [1.165, 1.54) is 0 Å². The van der Waals surface area contributed by atoms with Crippen LogP contribution in [0.3, 0.4) is 0 Å². The first-order chi connectivity index (χ1) is 11.6. The second-order valence-electron chi connectivity index (χ2n) is 5.87. The molecule has 2 aliphatic rings. The first kappa shape index (κ1) is 16.1. The SMILES string of the molecule is O=C1CCC(C(=O)NC2CCN(C(=O)c3ccncc3)CC2)=NN1. The van der Waals surface area contributed by atoms with Crippen LogP contribution in [0.5, 0.6) is 0 Å². The summed E-state index contributed by atoms with van der Waals surface area (Å²) in [5.74, 6) is -0.426. The number of pyridine rings is 1. The van der Waals surface area contributed by atoms with Gasteiger partial charge in [-0.15, -0.1) is 0 Å². The van der Waals surface area contributed by atoms with E-state index in [1.807, 2.05) is 0 Å². The molecule has 8 nitrogen and oxygen atoms in total. The number of likely N-dealkylation sites (tertiary alicyclic amines) is 1. The summed E-state index contributed by atoms with van der Waals surface area (Å²) in [5, 5.41) is 6.73. The van der Waals surface area contributed by atoms with Gasteiger partial charge >= 0.3 is 0 Å². The van der Waals surface area contributed by atoms with E-state index < -0.39 is 0 Å². The predicted molar refractivity (Wildman–Crippen MR) is 86.1 cm³/mol. The van der Waals surface area contributed by atoms with Crippen molar-refractivity contribution in [3.8, 4) is 0 Å². The van der Waals surface area contributed by atoms with Crippen molar-refractivity contribution < 1.29 is 14.4 Å². The van der Waals surface area contributed by atoms with Gasteiger partial charge in [0, 0.05) is 49.9 Å². The first-order valence-electron chi connectivity index (χ1n) is 7.99. The highest BCUT2D eigenvalue weighted by molar-refractivity contribution is 6.39. The second kappa shape index (κ2) is 7.20. The molecule has 3 heterocycles. The number of hydrogen-bond acceptors (Lipinski definition) is 5. The molecule has 0 unspecified atom stereocenters. The third-order valence-electron chi connectivity index (χ3n) is 4.21. The van der Waals surface area contributed by atoms with E-state index in [0.29, 0.717) is 43.6 Å². The molecule has 0 aromatic carbocycles. The van der Waals surface area contributed by atoms with Gasteiger partial charge in [-0.25, -0.2) is 5.43 Å². The van der Waals surface area contributed by atoms with E-state index in [-0.39, 0.29) is 30.2 Å². The Hall–Kier alpha value is -2.77. The molecule has 0 saturated carbocycles. The zero-order valence-electron chi connectivity index (χ0n) is 13.2. The maximum atomic E-state index is 12.4. The summed E-state index contributed by atoms with van der Waals surface area (Å²) in [5.41, 5.74) is 3.30. The largest absolute Gasteiger partial charge is 0.348 e. The summed E-state index contributed by atoms with van der Waals surface area (Å²) in [6.07, 6.45) is 5.24. The van der Waals surface area contributed by atoms with Gasteiger partial charge in [0.05, 0.1) is 0 Å². The van der Waals surface area contributed by atoms with Crippen LogP contribution in [0.4, 0.5) is 0 Å². The van der Waals surface area contributed by atoms with E-state index >= 15 is 0 Å². The number of piperidine rings is 1. The molecule has 3 rings (SSSR count). The molecule has 3 amide bonds. The summed E-state index contributed by atoms with van der Waals surface area (Å²) in [6.45, 7) is 1.19. The van der Waals surface area contributed by atoms with Crippen LogP contribution >= 0.6 is 0 Å². The van der Waals surface area contributed by atoms with Gasteiger partial charge in [-0.05, 0) is 25.0 Å². The van der Waals surface area contributed by atoms with Crippen LogP contribution in [-0.2, 0) is 9.59 Å². The quantitative estimate of drug-likeness (QED) is 0.819. The average Bonchev–Trinajstić information content (AvgIpc) is 2.63. The molecular formula is C16H19N5O3. The predicted octanol–water partition coefficient (Wildman–Crippen LogP) is 0.0684. The Labute approximate surface area is 139 Å². The van der Waals surface area contributed by atoms with E-state index in [4.69, 9.17) is 0 Å². The van der Waals surface area contributed by atoms with Crippen molar-refractivity contribution in [3.05, 3.63) is 30.1 Å². The number of carbonyl (C=O) groups is 3. The Morgan fingerprint density at radius 3 is 2.50 bits per heavy atom. The molecule has 1 saturated heterocycles. The third-order valence-corrected chi connectivity index (χ3v) is 4.21. The minimum atomic E-state index is -0.242. The van der Waals surface area contributed by atoms with E-state index in [0.717, 1.165) is 0 Å². The molecule has 0 bridgehead atoms. The van der Waals surface area contributed by atoms with Crippen LogP contribution in [0.1, 0.15) is 36.0 Å². The fourth-order valence-corrected chi connectivity index (χ4v) is 2.81. The monoisotopic (exact) mass is 329 g/mol. The summed E-state index contributed by atoms with van der Waals surface area (Å²) in [7, 11) is 0. The van der Waals surface area contributed by atoms with Crippen LogP contribution in [0.15, 0.2) is 29.6 Å². The Morgan fingerprint density at radius 1 is 1.17 bits per heavy atom. The number of rotatable bonds is 3. The number of hydrogen-bond donors (Lipinski definition) is 2. The minimum absolute atomic E-state index is 0.0125. The van der Waals surface area contributed by atoms with Crippen molar-refractivity contribution in [1.82, 2.24) is 20.6 Å². The van der Waals surface area contributed by atoms with E-state index in [1.54, 1.807) is 29.4 Å². The van der Waals surface area contributed by atoms with Gasteiger partial charge in [0.25, 0.3) is 11.8 Å². The fraction of sp³-hybridized carbons (Fsp3) is 0.438. The Bertz CT molecular complexity index is 666. The zero-order valence-corrected chi connectivity index (χ0v) is 13.2. The summed E-state index contributed by atoms with van der Waals surface area (Å²) < 4.78 is 0. The van der Waals surface area contributed by atoms with Gasteiger partial charge in [0.15, 0.2) is 0 Å². The lowest BCUT2D eigenvalue weighted by molar-refractivity contribution is -0.121. The summed E-state index contributed by atoms with van der Waals surface area (Å²) >= 11 is 0. The average molecular weight is 329 g/mol. The molecule has 2 N–H and O–H groups in total. The molecule has 24 heavy (non-hydrogen) atoms. The van der Waals surface area contributed by atoms with Crippen molar-refractivity contribution in [3.63, 3.8) is 0 Å². The van der Waals surface area contributed by atoms with Gasteiger partial charge < -0.3 is 10.2 Å². The summed E-state index contributed by atoms with van der Waals surface area (Å²) in [6, 6.07) is 3.41. The molecular weight excluding hydrogens is 310 g/mol. The maximum absolute atomic E-state index is 12.4. The van der Waals surface area contributed by atoms with Crippen molar-refractivity contribution in [1.29, 1.82) is 0 Å². The van der Waals surface area contributed by atoms with Gasteiger partial charge in [0.2, 0.25) is 5.91 Å². The molecule has 0 spiro atoms. The van der Waals surface area contributed by atoms with Crippen LogP contribution in [-0.4, -0.2) is 52.4 Å². The highest BCUT2D eigenvalue weighted by Gasteiger charge is 2.26. The second-order valence-corrected chi connectivity index (χ2v) is 5.87. The number of nitrogens with one attached hydrogen (secondary N) is 2. The molecule has 126 valence electrons. The van der Waals surface area contributed by atoms with Gasteiger partial charge in [-0.1, -0.05) is 0 Å². The van der Waals surface area contributed by atoms with Crippen LogP contribution in [0.25, 0.3) is 0 Å². The number of amides is 3. The number of carbonyl (C=O) groups excluding carboxylic acids is 3. The Kier molecular flexibility index (Phi) is 4.83. The Morgan fingerprint density at radius 2 is 1.88 bits per heavy atom. The highest BCUT2D eigenvalue weighted by Crippen LogP contribution is 2.14. The molecule has 1 fully saturated rings. The van der Waals surface area contributed by atoms with Gasteiger partial charge in [-0.3, -0.25) is 19.4 Å². The molecule has 0 atom stereocenters. The minimum Gasteiger partial charge on any atom is -0.348 e. The lowest BCUT2D eigenvalue weighted by Crippen LogP contribution is -2.48. The van der Waals surface area contributed by atoms with Crippen LogP contribution in [0.2, 0.25) is 0 Å². The smallest absolute Gasteiger partial charge is 0.267 e. The van der Waals surface area contributed by atoms with E-state index in [2.05, 4.69) is 20.8 Å². The van der Waals surface area contributed by atoms with Crippen molar-refractivity contribution in [2.75, 3.05) is 13.1 Å². The molecule has 2 aliphatic heterocycles. The van der Waals surface area contributed by atoms with Crippen molar-refractivity contribution in [2.24, 2.45) is 5.10 Å². The standard InChI is InChI=1S/C16H19N5O3/c22-14-2-1-13(19-20-14)15(23)18-12-5-9-21(10-6-12)16(24)11-3-7-17-8-4-11/h3-4,7-8,12H,1-2,5-6,9-10H2,(H,18,23)(H,20,22). The van der Waals surface area contributed by atoms with Crippen molar-refractivity contribution >= 4 is 23.4 Å². The maximum Gasteiger partial charge on any atom is 0.267 e. The van der Waals surface area contributed by atoms with Crippen molar-refractivity contribution in [2.45, 2.75) is 31.7 Å². The third kappa shape index (κ3) is 3.76. The highest BCUT2D eigenvalue weighted by atomic mass is 16.2. The zero-order chi connectivity index (χ0) is 16.9. The topological polar surface area (TPSA) is 104 Å². The lowest BCUT2D eigenvalue weighted by atomic mass is 10.0. The van der Waals surface area contributed by atoms with Crippen LogP contribution < -0.4 is 10.7 Å². The first-order valence-corrected chi connectivity index (χ1v) is 7.99. The Balaban J connectivity index is 1.49. The number of hydrazone groups is 1. The lowest BCUT2D eigenvalue weighted by Gasteiger charge is -2.32. The normalized spacial score (nSPS) is 18.6. The summed E-state index contributed by atoms with van der Waals surface area (Å²) in [4.78, 5) is 41.2. The molecule has 0 aliphatic carbocycles. The molecule has 1 aromatic rings. The van der Waals surface area contributed by atoms with Gasteiger partial charge in [-0.2, -0.15) is 5.10 Å². The molecule has 1 aromatic heterocycles. The number of nitrogens with zero attached hydrogens (tertiary/aromatic N) is 3. The van der Waals surface area contributed by atoms with E-state index in [9.17, 15) is 14.4 Å². The van der Waals surface area contributed by atoms with Gasteiger partial charge in [0.1, 0.15) is 5.71 Å². The fourth-order valence-electron chi connectivity index (χ4n) is 2.81.